The summed E-state index contributed by atoms with van der Waals surface area (Å²) in [7, 11) is 0. The van der Waals surface area contributed by atoms with Crippen LogP contribution in [0.25, 0.3) is 0 Å². The first-order valence-corrected chi connectivity index (χ1v) is 7.40. The van der Waals surface area contributed by atoms with Gasteiger partial charge in [0.05, 0.1) is 18.8 Å². The molecule has 4 heteroatoms. The second-order valence-electron chi connectivity index (χ2n) is 5.09. The van der Waals surface area contributed by atoms with E-state index in [-0.39, 0.29) is 5.97 Å². The Bertz CT molecular complexity index is 410. The molecule has 1 fully saturated rings. The number of esters is 1. The summed E-state index contributed by atoms with van der Waals surface area (Å²) in [5.74, 6) is 1.25. The van der Waals surface area contributed by atoms with Gasteiger partial charge in [-0.25, -0.2) is 4.79 Å². The zero-order valence-electron chi connectivity index (χ0n) is 12.1. The second-order valence-corrected chi connectivity index (χ2v) is 5.09. The molecule has 4 nitrogen and oxygen atoms in total. The van der Waals surface area contributed by atoms with Crippen molar-refractivity contribution in [3.8, 4) is 5.75 Å². The van der Waals surface area contributed by atoms with Crippen molar-refractivity contribution in [2.24, 2.45) is 5.92 Å². The van der Waals surface area contributed by atoms with Gasteiger partial charge in [-0.15, -0.1) is 0 Å². The van der Waals surface area contributed by atoms with Crippen LogP contribution in [0.4, 0.5) is 0 Å². The lowest BCUT2D eigenvalue weighted by atomic mass is 9.97. The molecule has 1 aromatic rings. The van der Waals surface area contributed by atoms with Gasteiger partial charge in [-0.1, -0.05) is 0 Å². The Morgan fingerprint density at radius 2 is 2.15 bits per heavy atom. The summed E-state index contributed by atoms with van der Waals surface area (Å²) >= 11 is 0. The van der Waals surface area contributed by atoms with Gasteiger partial charge >= 0.3 is 5.97 Å². The van der Waals surface area contributed by atoms with Gasteiger partial charge in [0.15, 0.2) is 0 Å². The molecule has 0 amide bonds. The van der Waals surface area contributed by atoms with E-state index in [2.05, 4.69) is 5.32 Å². The number of carbonyl (C=O) groups excluding carboxylic acids is 1. The van der Waals surface area contributed by atoms with Crippen LogP contribution < -0.4 is 10.1 Å². The molecule has 1 N–H and O–H groups in total. The summed E-state index contributed by atoms with van der Waals surface area (Å²) < 4.78 is 10.7. The van der Waals surface area contributed by atoms with Crippen molar-refractivity contribution in [3.63, 3.8) is 0 Å². The third kappa shape index (κ3) is 4.53. The molecule has 1 aliphatic rings. The molecule has 0 unspecified atom stereocenters. The number of carbonyl (C=O) groups is 1. The number of piperidine rings is 1. The minimum absolute atomic E-state index is 0.285. The van der Waals surface area contributed by atoms with Crippen LogP contribution in [0.2, 0.25) is 0 Å². The molecule has 0 saturated carbocycles. The molecule has 1 aromatic carbocycles. The summed E-state index contributed by atoms with van der Waals surface area (Å²) in [4.78, 5) is 11.5. The highest BCUT2D eigenvalue weighted by Crippen LogP contribution is 2.17. The predicted molar refractivity (Wildman–Crippen MR) is 78.1 cm³/mol. The van der Waals surface area contributed by atoms with Gasteiger partial charge in [-0.3, -0.25) is 0 Å². The zero-order chi connectivity index (χ0) is 14.2. The van der Waals surface area contributed by atoms with Crippen LogP contribution >= 0.6 is 0 Å². The molecule has 0 aliphatic carbocycles. The molecule has 1 atom stereocenters. The number of rotatable bonds is 6. The standard InChI is InChI=1S/C16H23NO3/c1-2-19-16(18)14-5-7-15(8-6-14)20-11-9-13-4-3-10-17-12-13/h5-8,13,17H,2-4,9-12H2,1H3/t13-/m0/s1. The fourth-order valence-electron chi connectivity index (χ4n) is 2.42. The van der Waals surface area contributed by atoms with Gasteiger partial charge in [0.2, 0.25) is 0 Å². The lowest BCUT2D eigenvalue weighted by Gasteiger charge is -2.22. The SMILES string of the molecule is CCOC(=O)c1ccc(OCC[C@@H]2CCCNC2)cc1. The number of hydrogen-bond acceptors (Lipinski definition) is 4. The smallest absolute Gasteiger partial charge is 0.338 e. The van der Waals surface area contributed by atoms with Gasteiger partial charge in [0.25, 0.3) is 0 Å². The van der Waals surface area contributed by atoms with E-state index in [1.807, 2.05) is 12.1 Å². The molecule has 110 valence electrons. The van der Waals surface area contributed by atoms with E-state index in [9.17, 15) is 4.79 Å². The molecular formula is C16H23NO3. The molecule has 0 aromatic heterocycles. The number of nitrogens with one attached hydrogen (secondary N) is 1. The zero-order valence-corrected chi connectivity index (χ0v) is 12.1. The van der Waals surface area contributed by atoms with E-state index in [4.69, 9.17) is 9.47 Å². The minimum Gasteiger partial charge on any atom is -0.494 e. The third-order valence-electron chi connectivity index (χ3n) is 3.56. The molecule has 0 spiro atoms. The first-order chi connectivity index (χ1) is 9.79. The molecule has 1 aliphatic heterocycles. The quantitative estimate of drug-likeness (QED) is 0.812. The van der Waals surface area contributed by atoms with Crippen LogP contribution in [-0.4, -0.2) is 32.3 Å². The van der Waals surface area contributed by atoms with Crippen LogP contribution in [0.3, 0.4) is 0 Å². The molecule has 0 radical (unpaired) electrons. The number of ether oxygens (including phenoxy) is 2. The average molecular weight is 277 g/mol. The van der Waals surface area contributed by atoms with Gasteiger partial charge in [0, 0.05) is 0 Å². The Labute approximate surface area is 120 Å². The van der Waals surface area contributed by atoms with E-state index >= 15 is 0 Å². The monoisotopic (exact) mass is 277 g/mol. The van der Waals surface area contributed by atoms with Crippen LogP contribution in [-0.2, 0) is 4.74 Å². The van der Waals surface area contributed by atoms with Crippen molar-refractivity contribution in [3.05, 3.63) is 29.8 Å². The Morgan fingerprint density at radius 3 is 2.80 bits per heavy atom. The molecular weight excluding hydrogens is 254 g/mol. The summed E-state index contributed by atoms with van der Waals surface area (Å²) in [6.45, 7) is 5.17. The van der Waals surface area contributed by atoms with Gasteiger partial charge in [-0.2, -0.15) is 0 Å². The van der Waals surface area contributed by atoms with E-state index in [1.165, 1.54) is 12.8 Å². The summed E-state index contributed by atoms with van der Waals surface area (Å²) in [6, 6.07) is 7.14. The normalized spacial score (nSPS) is 18.6. The maximum atomic E-state index is 11.5. The average Bonchev–Trinajstić information content (AvgIpc) is 2.49. The molecule has 1 saturated heterocycles. The summed E-state index contributed by atoms with van der Waals surface area (Å²) in [6.07, 6.45) is 3.63. The molecule has 1 heterocycles. The Hall–Kier alpha value is -1.55. The van der Waals surface area contributed by atoms with Crippen molar-refractivity contribution in [1.82, 2.24) is 5.32 Å². The van der Waals surface area contributed by atoms with Gasteiger partial charge < -0.3 is 14.8 Å². The number of benzene rings is 1. The first kappa shape index (κ1) is 14.9. The maximum absolute atomic E-state index is 11.5. The predicted octanol–water partition coefficient (Wildman–Crippen LogP) is 2.63. The first-order valence-electron chi connectivity index (χ1n) is 7.40. The topological polar surface area (TPSA) is 47.6 Å². The summed E-state index contributed by atoms with van der Waals surface area (Å²) in [5.41, 5.74) is 0.565. The van der Waals surface area contributed by atoms with Crippen LogP contribution in [0.5, 0.6) is 5.75 Å². The maximum Gasteiger partial charge on any atom is 0.338 e. The highest BCUT2D eigenvalue weighted by Gasteiger charge is 2.12. The van der Waals surface area contributed by atoms with Crippen LogP contribution in [0.15, 0.2) is 24.3 Å². The second kappa shape index (κ2) is 7.90. The largest absolute Gasteiger partial charge is 0.494 e. The van der Waals surface area contributed by atoms with Crippen LogP contribution in [0, 0.1) is 5.92 Å². The van der Waals surface area contributed by atoms with E-state index in [0.717, 1.165) is 37.8 Å². The van der Waals surface area contributed by atoms with Crippen molar-refractivity contribution >= 4 is 5.97 Å². The minimum atomic E-state index is -0.285. The van der Waals surface area contributed by atoms with Gasteiger partial charge in [-0.05, 0) is 69.5 Å². The Morgan fingerprint density at radius 1 is 1.35 bits per heavy atom. The fourth-order valence-corrected chi connectivity index (χ4v) is 2.42. The Kier molecular flexibility index (Phi) is 5.87. The van der Waals surface area contributed by atoms with E-state index in [1.54, 1.807) is 19.1 Å². The Balaban J connectivity index is 1.74. The van der Waals surface area contributed by atoms with Gasteiger partial charge in [0.1, 0.15) is 5.75 Å². The highest BCUT2D eigenvalue weighted by atomic mass is 16.5. The molecule has 2 rings (SSSR count). The number of hydrogen-bond donors (Lipinski definition) is 1. The lowest BCUT2D eigenvalue weighted by Crippen LogP contribution is -2.30. The van der Waals surface area contributed by atoms with Crippen LogP contribution in [0.1, 0.15) is 36.5 Å². The van der Waals surface area contributed by atoms with Crippen molar-refractivity contribution < 1.29 is 14.3 Å². The summed E-state index contributed by atoms with van der Waals surface area (Å²) in [5, 5.41) is 3.41. The van der Waals surface area contributed by atoms with E-state index in [0.29, 0.717) is 12.2 Å². The van der Waals surface area contributed by atoms with Crippen molar-refractivity contribution in [2.45, 2.75) is 26.2 Å². The fraction of sp³-hybridized carbons (Fsp3) is 0.562. The third-order valence-corrected chi connectivity index (χ3v) is 3.56. The molecule has 0 bridgehead atoms. The van der Waals surface area contributed by atoms with E-state index < -0.39 is 0 Å². The molecule has 20 heavy (non-hydrogen) atoms. The highest BCUT2D eigenvalue weighted by molar-refractivity contribution is 5.89. The lowest BCUT2D eigenvalue weighted by molar-refractivity contribution is 0.0526. The van der Waals surface area contributed by atoms with Crippen molar-refractivity contribution in [1.29, 1.82) is 0 Å². The van der Waals surface area contributed by atoms with Crippen molar-refractivity contribution in [2.75, 3.05) is 26.3 Å².